The zero-order valence-corrected chi connectivity index (χ0v) is 13.3. The van der Waals surface area contributed by atoms with E-state index in [0.29, 0.717) is 13.1 Å². The van der Waals surface area contributed by atoms with Crippen LogP contribution in [0, 0.1) is 5.41 Å². The van der Waals surface area contributed by atoms with Crippen LogP contribution in [-0.4, -0.2) is 35.3 Å². The highest BCUT2D eigenvalue weighted by Crippen LogP contribution is 2.19. The van der Waals surface area contributed by atoms with Gasteiger partial charge in [-0.3, -0.25) is 14.6 Å². The summed E-state index contributed by atoms with van der Waals surface area (Å²) in [5.74, 6) is -0.407. The molecule has 1 aromatic rings. The molecule has 116 valence electrons. The summed E-state index contributed by atoms with van der Waals surface area (Å²) in [6.45, 7) is 6.48. The van der Waals surface area contributed by atoms with Crippen LogP contribution < -0.4 is 5.32 Å². The highest BCUT2D eigenvalue weighted by Gasteiger charge is 2.37. The maximum absolute atomic E-state index is 12.4. The lowest BCUT2D eigenvalue weighted by molar-refractivity contribution is -0.147. The number of pyridine rings is 1. The van der Waals surface area contributed by atoms with Crippen LogP contribution in [0.4, 0.5) is 0 Å². The molecule has 0 aliphatic carbocycles. The second kappa shape index (κ2) is 7.76. The first-order chi connectivity index (χ1) is 9.89. The first-order valence-corrected chi connectivity index (χ1v) is 7.32. The smallest absolute Gasteiger partial charge is 0.237 e. The Balaban J connectivity index is 2.59. The van der Waals surface area contributed by atoms with E-state index in [2.05, 4.69) is 17.2 Å². The summed E-state index contributed by atoms with van der Waals surface area (Å²) in [5, 5.41) is 2.82. The Morgan fingerprint density at radius 1 is 1.29 bits per heavy atom. The average Bonchev–Trinajstić information content (AvgIpc) is 2.50. The Morgan fingerprint density at radius 2 is 1.90 bits per heavy atom. The predicted octanol–water partition coefficient (Wildman–Crippen LogP) is 1.98. The van der Waals surface area contributed by atoms with Crippen LogP contribution in [0.15, 0.2) is 24.5 Å². The van der Waals surface area contributed by atoms with Gasteiger partial charge in [0.2, 0.25) is 11.8 Å². The molecule has 0 radical (unpaired) electrons. The summed E-state index contributed by atoms with van der Waals surface area (Å²) < 4.78 is 0. The molecule has 0 aromatic carbocycles. The fraction of sp³-hybridized carbons (Fsp3) is 0.562. The fourth-order valence-corrected chi connectivity index (χ4v) is 1.98. The molecular weight excluding hydrogens is 266 g/mol. The molecule has 0 fully saturated rings. The molecule has 1 aromatic heterocycles. The normalized spacial score (nSPS) is 11.0. The van der Waals surface area contributed by atoms with Crippen molar-refractivity contribution in [3.05, 3.63) is 30.1 Å². The van der Waals surface area contributed by atoms with Gasteiger partial charge in [-0.25, -0.2) is 0 Å². The molecule has 2 amide bonds. The Kier molecular flexibility index (Phi) is 6.34. The Morgan fingerprint density at radius 3 is 2.48 bits per heavy atom. The molecule has 0 aliphatic heterocycles. The van der Waals surface area contributed by atoms with Gasteiger partial charge in [0, 0.05) is 32.5 Å². The van der Waals surface area contributed by atoms with Crippen molar-refractivity contribution in [1.29, 1.82) is 0 Å². The van der Waals surface area contributed by atoms with Crippen LogP contribution in [0.3, 0.4) is 0 Å². The highest BCUT2D eigenvalue weighted by atomic mass is 16.2. The van der Waals surface area contributed by atoms with Crippen molar-refractivity contribution >= 4 is 11.8 Å². The molecule has 0 saturated heterocycles. The van der Waals surface area contributed by atoms with Crippen molar-refractivity contribution in [2.24, 2.45) is 5.41 Å². The summed E-state index contributed by atoms with van der Waals surface area (Å²) in [6, 6.07) is 3.67. The predicted molar refractivity (Wildman–Crippen MR) is 82.4 cm³/mol. The second-order valence-electron chi connectivity index (χ2n) is 5.74. The highest BCUT2D eigenvalue weighted by molar-refractivity contribution is 6.04. The quantitative estimate of drug-likeness (QED) is 0.781. The average molecular weight is 291 g/mol. The standard InChI is InChI=1S/C16H25N3O2/c1-5-6-11-19(4)15(21)16(2,3)14(20)18-12-13-7-9-17-10-8-13/h7-10H,5-6,11-12H2,1-4H3,(H,18,20). The number of carbonyl (C=O) groups excluding carboxylic acids is 2. The topological polar surface area (TPSA) is 62.3 Å². The summed E-state index contributed by atoms with van der Waals surface area (Å²) in [5.41, 5.74) is -0.101. The van der Waals surface area contributed by atoms with Crippen molar-refractivity contribution in [3.8, 4) is 0 Å². The summed E-state index contributed by atoms with van der Waals surface area (Å²) in [4.78, 5) is 30.2. The van der Waals surface area contributed by atoms with Gasteiger partial charge in [-0.1, -0.05) is 13.3 Å². The molecule has 0 unspecified atom stereocenters. The second-order valence-corrected chi connectivity index (χ2v) is 5.74. The van der Waals surface area contributed by atoms with Gasteiger partial charge in [0.15, 0.2) is 0 Å². The maximum Gasteiger partial charge on any atom is 0.237 e. The maximum atomic E-state index is 12.4. The van der Waals surface area contributed by atoms with E-state index in [1.165, 1.54) is 0 Å². The number of hydrogen-bond donors (Lipinski definition) is 1. The number of nitrogens with one attached hydrogen (secondary N) is 1. The lowest BCUT2D eigenvalue weighted by Crippen LogP contribution is -2.48. The van der Waals surface area contributed by atoms with Crippen LogP contribution in [-0.2, 0) is 16.1 Å². The van der Waals surface area contributed by atoms with Gasteiger partial charge in [-0.05, 0) is 38.0 Å². The molecule has 0 saturated carbocycles. The van der Waals surface area contributed by atoms with Crippen molar-refractivity contribution in [2.45, 2.75) is 40.2 Å². The number of hydrogen-bond acceptors (Lipinski definition) is 3. The zero-order chi connectivity index (χ0) is 15.9. The number of aromatic nitrogens is 1. The number of amides is 2. The third kappa shape index (κ3) is 4.85. The van der Waals surface area contributed by atoms with Gasteiger partial charge in [-0.15, -0.1) is 0 Å². The van der Waals surface area contributed by atoms with Gasteiger partial charge in [0.05, 0.1) is 0 Å². The number of unbranched alkanes of at least 4 members (excludes halogenated alkanes) is 1. The molecule has 0 atom stereocenters. The minimum absolute atomic E-state index is 0.150. The Bertz CT molecular complexity index is 472. The van der Waals surface area contributed by atoms with Crippen LogP contribution in [0.25, 0.3) is 0 Å². The van der Waals surface area contributed by atoms with E-state index < -0.39 is 5.41 Å². The van der Waals surface area contributed by atoms with Crippen LogP contribution in [0.5, 0.6) is 0 Å². The number of rotatable bonds is 7. The fourth-order valence-electron chi connectivity index (χ4n) is 1.98. The molecule has 0 bridgehead atoms. The SMILES string of the molecule is CCCCN(C)C(=O)C(C)(C)C(=O)NCc1ccncc1. The van der Waals surface area contributed by atoms with Crippen LogP contribution in [0.1, 0.15) is 39.2 Å². The van der Waals surface area contributed by atoms with Crippen LogP contribution in [0.2, 0.25) is 0 Å². The minimum Gasteiger partial charge on any atom is -0.351 e. The first-order valence-electron chi connectivity index (χ1n) is 7.32. The zero-order valence-electron chi connectivity index (χ0n) is 13.3. The molecule has 5 heteroatoms. The van der Waals surface area contributed by atoms with E-state index in [1.807, 2.05) is 12.1 Å². The van der Waals surface area contributed by atoms with Crippen molar-refractivity contribution in [1.82, 2.24) is 15.2 Å². The van der Waals surface area contributed by atoms with E-state index >= 15 is 0 Å². The third-order valence-electron chi connectivity index (χ3n) is 3.50. The van der Waals surface area contributed by atoms with E-state index in [1.54, 1.807) is 38.2 Å². The summed E-state index contributed by atoms with van der Waals surface area (Å²) >= 11 is 0. The molecule has 1 N–H and O–H groups in total. The lowest BCUT2D eigenvalue weighted by atomic mass is 9.90. The van der Waals surface area contributed by atoms with Crippen molar-refractivity contribution in [3.63, 3.8) is 0 Å². The molecule has 21 heavy (non-hydrogen) atoms. The molecular formula is C16H25N3O2. The molecule has 1 rings (SSSR count). The van der Waals surface area contributed by atoms with E-state index in [-0.39, 0.29) is 11.8 Å². The molecule has 5 nitrogen and oxygen atoms in total. The first kappa shape index (κ1) is 17.1. The van der Waals surface area contributed by atoms with Gasteiger partial charge in [0.1, 0.15) is 5.41 Å². The van der Waals surface area contributed by atoms with Crippen molar-refractivity contribution in [2.75, 3.05) is 13.6 Å². The molecule has 1 heterocycles. The van der Waals surface area contributed by atoms with Gasteiger partial charge >= 0.3 is 0 Å². The third-order valence-corrected chi connectivity index (χ3v) is 3.50. The largest absolute Gasteiger partial charge is 0.351 e. The Labute approximate surface area is 126 Å². The minimum atomic E-state index is -1.06. The summed E-state index contributed by atoms with van der Waals surface area (Å²) in [7, 11) is 1.75. The van der Waals surface area contributed by atoms with Gasteiger partial charge in [-0.2, -0.15) is 0 Å². The van der Waals surface area contributed by atoms with Crippen molar-refractivity contribution < 1.29 is 9.59 Å². The van der Waals surface area contributed by atoms with Crippen LogP contribution >= 0.6 is 0 Å². The number of carbonyl (C=O) groups is 2. The van der Waals surface area contributed by atoms with Gasteiger partial charge < -0.3 is 10.2 Å². The van der Waals surface area contributed by atoms with Gasteiger partial charge in [0.25, 0.3) is 0 Å². The molecule has 0 aliphatic rings. The monoisotopic (exact) mass is 291 g/mol. The summed E-state index contributed by atoms with van der Waals surface area (Å²) in [6.07, 6.45) is 5.32. The lowest BCUT2D eigenvalue weighted by Gasteiger charge is -2.28. The van der Waals surface area contributed by atoms with E-state index in [9.17, 15) is 9.59 Å². The van der Waals surface area contributed by atoms with E-state index in [4.69, 9.17) is 0 Å². The van der Waals surface area contributed by atoms with E-state index in [0.717, 1.165) is 18.4 Å². The number of nitrogens with zero attached hydrogens (tertiary/aromatic N) is 2. The molecule has 0 spiro atoms. The Hall–Kier alpha value is -1.91.